The molecule has 126 valence electrons. The van der Waals surface area contributed by atoms with Gasteiger partial charge < -0.3 is 9.64 Å². The van der Waals surface area contributed by atoms with Gasteiger partial charge in [-0.2, -0.15) is 5.10 Å². The fraction of sp³-hybridized carbons (Fsp3) is 0.474. The highest BCUT2D eigenvalue weighted by atomic mass is 16.5. The number of carbonyl (C=O) groups is 1. The zero-order valence-corrected chi connectivity index (χ0v) is 14.0. The van der Waals surface area contributed by atoms with Gasteiger partial charge in [0.05, 0.1) is 24.5 Å². The number of ether oxygens (including phenoxy) is 1. The molecule has 1 fully saturated rings. The van der Waals surface area contributed by atoms with Gasteiger partial charge in [-0.1, -0.05) is 18.2 Å². The van der Waals surface area contributed by atoms with E-state index in [-0.39, 0.29) is 11.9 Å². The SMILES string of the molecule is Cn1ncc2c1[C@@H](COCC1CC1)N(C(=O)c1ccccc1)CC2. The lowest BCUT2D eigenvalue weighted by atomic mass is 9.99. The van der Waals surface area contributed by atoms with Crippen LogP contribution in [-0.4, -0.2) is 40.3 Å². The number of carbonyl (C=O) groups excluding carboxylic acids is 1. The van der Waals surface area contributed by atoms with Crippen molar-refractivity contribution in [2.45, 2.75) is 25.3 Å². The Morgan fingerprint density at radius 1 is 1.25 bits per heavy atom. The van der Waals surface area contributed by atoms with Crippen LogP contribution in [0.5, 0.6) is 0 Å². The summed E-state index contributed by atoms with van der Waals surface area (Å²) in [5.74, 6) is 0.792. The number of aromatic nitrogens is 2. The van der Waals surface area contributed by atoms with Crippen molar-refractivity contribution in [1.29, 1.82) is 0 Å². The molecule has 1 saturated carbocycles. The molecule has 2 heterocycles. The van der Waals surface area contributed by atoms with Crippen molar-refractivity contribution in [3.63, 3.8) is 0 Å². The van der Waals surface area contributed by atoms with Crippen LogP contribution in [0.15, 0.2) is 36.5 Å². The summed E-state index contributed by atoms with van der Waals surface area (Å²) >= 11 is 0. The van der Waals surface area contributed by atoms with E-state index in [1.54, 1.807) is 0 Å². The normalized spacial score (nSPS) is 20.0. The second-order valence-electron chi connectivity index (χ2n) is 6.79. The number of hydrogen-bond acceptors (Lipinski definition) is 3. The van der Waals surface area contributed by atoms with Crippen molar-refractivity contribution in [3.05, 3.63) is 53.3 Å². The molecule has 1 aromatic carbocycles. The first-order chi connectivity index (χ1) is 11.7. The Morgan fingerprint density at radius 3 is 2.79 bits per heavy atom. The van der Waals surface area contributed by atoms with Crippen molar-refractivity contribution in [1.82, 2.24) is 14.7 Å². The molecule has 5 heteroatoms. The van der Waals surface area contributed by atoms with Crippen LogP contribution in [0.1, 0.15) is 40.5 Å². The Hall–Kier alpha value is -2.14. The van der Waals surface area contributed by atoms with Crippen molar-refractivity contribution in [2.24, 2.45) is 13.0 Å². The monoisotopic (exact) mass is 325 g/mol. The van der Waals surface area contributed by atoms with Gasteiger partial charge in [-0.15, -0.1) is 0 Å². The third-order valence-corrected chi connectivity index (χ3v) is 4.99. The number of fused-ring (bicyclic) bond motifs is 1. The minimum atomic E-state index is -0.0623. The maximum absolute atomic E-state index is 13.0. The molecule has 1 amide bonds. The van der Waals surface area contributed by atoms with E-state index < -0.39 is 0 Å². The Balaban J connectivity index is 1.59. The molecule has 0 bridgehead atoms. The van der Waals surface area contributed by atoms with Crippen molar-refractivity contribution < 1.29 is 9.53 Å². The van der Waals surface area contributed by atoms with Crippen LogP contribution in [0, 0.1) is 5.92 Å². The molecule has 24 heavy (non-hydrogen) atoms. The van der Waals surface area contributed by atoms with Crippen LogP contribution in [0.2, 0.25) is 0 Å². The number of benzene rings is 1. The average molecular weight is 325 g/mol. The third-order valence-electron chi connectivity index (χ3n) is 4.99. The zero-order chi connectivity index (χ0) is 16.5. The molecule has 5 nitrogen and oxygen atoms in total. The first-order valence-corrected chi connectivity index (χ1v) is 8.68. The summed E-state index contributed by atoms with van der Waals surface area (Å²) in [5, 5.41) is 4.39. The van der Waals surface area contributed by atoms with Gasteiger partial charge in [0.15, 0.2) is 0 Å². The number of amides is 1. The lowest BCUT2D eigenvalue weighted by Gasteiger charge is -2.36. The van der Waals surface area contributed by atoms with E-state index in [4.69, 9.17) is 4.74 Å². The first kappa shape index (κ1) is 15.4. The van der Waals surface area contributed by atoms with Gasteiger partial charge in [0.25, 0.3) is 5.91 Å². The minimum absolute atomic E-state index is 0.0623. The van der Waals surface area contributed by atoms with E-state index in [1.807, 2.05) is 53.2 Å². The smallest absolute Gasteiger partial charge is 0.254 e. The van der Waals surface area contributed by atoms with Crippen LogP contribution in [0.4, 0.5) is 0 Å². The standard InChI is InChI=1S/C19H23N3O2/c1-21-18-16(11-20-21)9-10-22(17(18)13-24-12-14-7-8-14)19(23)15-5-3-2-4-6-15/h2-6,11,14,17H,7-10,12-13H2,1H3/t17-/m1/s1. The molecule has 1 aliphatic carbocycles. The molecular formula is C19H23N3O2. The summed E-state index contributed by atoms with van der Waals surface area (Å²) < 4.78 is 7.85. The Bertz CT molecular complexity index is 721. The van der Waals surface area contributed by atoms with Crippen molar-refractivity contribution in [3.8, 4) is 0 Å². The highest BCUT2D eigenvalue weighted by molar-refractivity contribution is 5.94. The van der Waals surface area contributed by atoms with Gasteiger partial charge >= 0.3 is 0 Å². The van der Waals surface area contributed by atoms with E-state index in [1.165, 1.54) is 18.4 Å². The quantitative estimate of drug-likeness (QED) is 0.849. The molecule has 4 rings (SSSR count). The van der Waals surface area contributed by atoms with E-state index >= 15 is 0 Å². The highest BCUT2D eigenvalue weighted by Gasteiger charge is 2.34. The largest absolute Gasteiger partial charge is 0.379 e. The van der Waals surface area contributed by atoms with Crippen LogP contribution in [0.25, 0.3) is 0 Å². The van der Waals surface area contributed by atoms with E-state index in [2.05, 4.69) is 5.10 Å². The molecule has 1 aliphatic heterocycles. The fourth-order valence-electron chi connectivity index (χ4n) is 3.45. The highest BCUT2D eigenvalue weighted by Crippen LogP contribution is 2.33. The van der Waals surface area contributed by atoms with Gasteiger partial charge in [0.2, 0.25) is 0 Å². The second-order valence-corrected chi connectivity index (χ2v) is 6.79. The lowest BCUT2D eigenvalue weighted by Crippen LogP contribution is -2.42. The molecular weight excluding hydrogens is 302 g/mol. The summed E-state index contributed by atoms with van der Waals surface area (Å²) in [5.41, 5.74) is 3.08. The molecule has 0 saturated heterocycles. The van der Waals surface area contributed by atoms with Crippen LogP contribution < -0.4 is 0 Å². The predicted molar refractivity (Wildman–Crippen MR) is 90.7 cm³/mol. The summed E-state index contributed by atoms with van der Waals surface area (Å²) in [6.07, 6.45) is 5.32. The third kappa shape index (κ3) is 2.96. The van der Waals surface area contributed by atoms with Crippen molar-refractivity contribution in [2.75, 3.05) is 19.8 Å². The van der Waals surface area contributed by atoms with Gasteiger partial charge in [0.1, 0.15) is 0 Å². The predicted octanol–water partition coefficient (Wildman–Crippen LogP) is 2.59. The maximum Gasteiger partial charge on any atom is 0.254 e. The molecule has 0 N–H and O–H groups in total. The van der Waals surface area contributed by atoms with Crippen LogP contribution in [0.3, 0.4) is 0 Å². The van der Waals surface area contributed by atoms with Gasteiger partial charge in [-0.25, -0.2) is 0 Å². The zero-order valence-electron chi connectivity index (χ0n) is 14.0. The number of hydrogen-bond donors (Lipinski definition) is 0. The van der Waals surface area contributed by atoms with E-state index in [0.29, 0.717) is 13.2 Å². The number of nitrogens with zero attached hydrogens (tertiary/aromatic N) is 3. The molecule has 0 radical (unpaired) electrons. The fourth-order valence-corrected chi connectivity index (χ4v) is 3.45. The Morgan fingerprint density at radius 2 is 2.04 bits per heavy atom. The Labute approximate surface area is 142 Å². The van der Waals surface area contributed by atoms with Gasteiger partial charge in [-0.3, -0.25) is 9.48 Å². The molecule has 1 aromatic heterocycles. The first-order valence-electron chi connectivity index (χ1n) is 8.68. The van der Waals surface area contributed by atoms with Gasteiger partial charge in [0, 0.05) is 25.8 Å². The summed E-state index contributed by atoms with van der Waals surface area (Å²) in [6.45, 7) is 2.06. The van der Waals surface area contributed by atoms with E-state index in [9.17, 15) is 4.79 Å². The Kier molecular flexibility index (Phi) is 4.10. The summed E-state index contributed by atoms with van der Waals surface area (Å²) in [6, 6.07) is 9.44. The number of aryl methyl sites for hydroxylation is 1. The number of rotatable bonds is 5. The lowest BCUT2D eigenvalue weighted by molar-refractivity contribution is 0.0348. The second kappa shape index (κ2) is 6.40. The van der Waals surface area contributed by atoms with Gasteiger partial charge in [-0.05, 0) is 42.9 Å². The molecule has 0 unspecified atom stereocenters. The topological polar surface area (TPSA) is 47.4 Å². The summed E-state index contributed by atoms with van der Waals surface area (Å²) in [7, 11) is 1.95. The summed E-state index contributed by atoms with van der Waals surface area (Å²) in [4.78, 5) is 15.0. The molecule has 2 aliphatic rings. The van der Waals surface area contributed by atoms with Crippen LogP contribution in [-0.2, 0) is 18.2 Å². The van der Waals surface area contributed by atoms with Crippen LogP contribution >= 0.6 is 0 Å². The molecule has 2 aromatic rings. The van der Waals surface area contributed by atoms with E-state index in [0.717, 1.165) is 30.2 Å². The minimum Gasteiger partial charge on any atom is -0.379 e. The molecule has 1 atom stereocenters. The average Bonchev–Trinajstić information content (AvgIpc) is 3.37. The molecule has 0 spiro atoms. The maximum atomic E-state index is 13.0. The van der Waals surface area contributed by atoms with Crippen molar-refractivity contribution >= 4 is 5.91 Å².